The number of carboxylic acid groups (broad SMARTS) is 1. The molecule has 0 aromatic heterocycles. The van der Waals surface area contributed by atoms with Crippen molar-refractivity contribution in [3.05, 3.63) is 55.1 Å². The number of rotatable bonds is 6. The maximum absolute atomic E-state index is 12.2. The Morgan fingerprint density at radius 3 is 2.17 bits per heavy atom. The summed E-state index contributed by atoms with van der Waals surface area (Å²) in [5.41, 5.74) is 0.279. The van der Waals surface area contributed by atoms with Gasteiger partial charge in [-0.25, -0.2) is 4.79 Å². The van der Waals surface area contributed by atoms with Gasteiger partial charge in [0.15, 0.2) is 0 Å². The molecule has 0 saturated heterocycles. The third-order valence-electron chi connectivity index (χ3n) is 4.72. The molecule has 0 unspecified atom stereocenters. The van der Waals surface area contributed by atoms with Crippen molar-refractivity contribution in [1.29, 1.82) is 0 Å². The first-order valence-corrected chi connectivity index (χ1v) is 10.5. The zero-order chi connectivity index (χ0) is 20.1. The van der Waals surface area contributed by atoms with Gasteiger partial charge in [-0.05, 0) is 37.0 Å². The number of hydrogen-bond donors (Lipinski definition) is 2. The van der Waals surface area contributed by atoms with Crippen molar-refractivity contribution in [3.8, 4) is 0 Å². The molecule has 0 spiro atoms. The van der Waals surface area contributed by atoms with Crippen LogP contribution in [0.5, 0.6) is 0 Å². The van der Waals surface area contributed by atoms with Gasteiger partial charge in [0.2, 0.25) is 0 Å². The average Bonchev–Trinajstić information content (AvgIpc) is 2.62. The van der Waals surface area contributed by atoms with Crippen LogP contribution >= 0.6 is 11.6 Å². The molecule has 1 aromatic carbocycles. The Balaban J connectivity index is 0. The van der Waals surface area contributed by atoms with Crippen molar-refractivity contribution in [2.45, 2.75) is 69.8 Å². The van der Waals surface area contributed by atoms with Gasteiger partial charge in [0.25, 0.3) is 5.91 Å². The van der Waals surface area contributed by atoms with E-state index in [-0.39, 0.29) is 36.9 Å². The number of hydrogen-bond acceptors (Lipinski definition) is 2. The zero-order valence-corrected chi connectivity index (χ0v) is 18.8. The number of aromatic carboxylic acids is 1. The minimum atomic E-state index is -1.07. The fourth-order valence-electron chi connectivity index (χ4n) is 3.07. The van der Waals surface area contributed by atoms with Gasteiger partial charge in [0.1, 0.15) is 0 Å². The van der Waals surface area contributed by atoms with E-state index in [1.165, 1.54) is 74.2 Å². The van der Waals surface area contributed by atoms with Gasteiger partial charge in [0, 0.05) is 6.54 Å². The van der Waals surface area contributed by atoms with Gasteiger partial charge >= 0.3 is 48.5 Å². The van der Waals surface area contributed by atoms with E-state index in [0.29, 0.717) is 6.54 Å². The molecule has 6 heteroatoms. The van der Waals surface area contributed by atoms with Gasteiger partial charge in [-0.3, -0.25) is 4.79 Å². The predicted octanol–water partition coefficient (Wildman–Crippen LogP) is 6.11. The molecule has 4 nitrogen and oxygen atoms in total. The van der Waals surface area contributed by atoms with Crippen LogP contribution < -0.4 is 5.32 Å². The van der Waals surface area contributed by atoms with Crippen molar-refractivity contribution in [1.82, 2.24) is 5.32 Å². The second-order valence-electron chi connectivity index (χ2n) is 7.05. The summed E-state index contributed by atoms with van der Waals surface area (Å²) in [6.07, 6.45) is 11.0. The quantitative estimate of drug-likeness (QED) is 0.551. The average molecular weight is 415 g/mol. The van der Waals surface area contributed by atoms with Crippen LogP contribution in [-0.4, -0.2) is 41.2 Å². The molecule has 1 aromatic rings. The fourth-order valence-corrected chi connectivity index (χ4v) is 3.27. The molecule has 0 heterocycles. The van der Waals surface area contributed by atoms with Gasteiger partial charge in [0.05, 0.1) is 16.1 Å². The first-order valence-electron chi connectivity index (χ1n) is 10.1. The van der Waals surface area contributed by atoms with Crippen molar-refractivity contribution in [3.63, 3.8) is 0 Å². The normalized spacial score (nSPS) is 14.1. The first kappa shape index (κ1) is 30.2. The van der Waals surface area contributed by atoms with E-state index in [1.807, 2.05) is 0 Å². The summed E-state index contributed by atoms with van der Waals surface area (Å²) in [6.45, 7) is 2.76. The Morgan fingerprint density at radius 2 is 1.69 bits per heavy atom. The van der Waals surface area contributed by atoms with E-state index in [0.717, 1.165) is 12.8 Å². The fraction of sp³-hybridized carbons (Fsp3) is 0.522. The van der Waals surface area contributed by atoms with Crippen LogP contribution in [0.2, 0.25) is 10.1 Å². The summed E-state index contributed by atoms with van der Waals surface area (Å²) in [7, 11) is 0. The molecule has 1 amide bonds. The molecule has 2 N–H and O–H groups in total. The molecule has 29 heavy (non-hydrogen) atoms. The van der Waals surface area contributed by atoms with Crippen molar-refractivity contribution in [2.75, 3.05) is 6.54 Å². The maximum atomic E-state index is 12.2. The van der Waals surface area contributed by atoms with E-state index in [9.17, 15) is 9.59 Å². The number of carbonyl (C=O) groups is 2. The molecule has 0 atom stereocenters. The molecule has 1 saturated carbocycles. The number of nitrogens with one attached hydrogen (secondary N) is 1. The molecule has 157 valence electrons. The number of carboxylic acids is 1. The summed E-state index contributed by atoms with van der Waals surface area (Å²) in [5.74, 6) is -0.0265. The predicted molar refractivity (Wildman–Crippen MR) is 122 cm³/mol. The van der Waals surface area contributed by atoms with Gasteiger partial charge in [-0.2, -0.15) is 0 Å². The van der Waals surface area contributed by atoms with E-state index in [2.05, 4.69) is 30.0 Å². The van der Waals surface area contributed by atoms with Crippen molar-refractivity contribution < 1.29 is 14.7 Å². The van der Waals surface area contributed by atoms with Gasteiger partial charge in [-0.1, -0.05) is 58.6 Å². The molecule has 1 fully saturated rings. The molecule has 0 bridgehead atoms. The Hall–Kier alpha value is -0.953. The number of unbranched alkanes of at least 4 members (excludes halogenated alkanes) is 1. The van der Waals surface area contributed by atoms with Crippen LogP contribution in [0, 0.1) is 20.8 Å². The van der Waals surface area contributed by atoms with Gasteiger partial charge in [-0.15, -0.1) is 0 Å². The molecular weight excluding hydrogens is 381 g/mol. The van der Waals surface area contributed by atoms with Crippen LogP contribution in [0.3, 0.4) is 0 Å². The number of benzene rings is 1. The van der Waals surface area contributed by atoms with Crippen molar-refractivity contribution in [2.24, 2.45) is 0 Å². The van der Waals surface area contributed by atoms with E-state index in [4.69, 9.17) is 16.7 Å². The van der Waals surface area contributed by atoms with E-state index >= 15 is 0 Å². The Morgan fingerprint density at radius 1 is 1.10 bits per heavy atom. The molecule has 1 aliphatic carbocycles. The molecule has 5 radical (unpaired) electrons. The number of halogens is 1. The third-order valence-corrected chi connectivity index (χ3v) is 5.05. The van der Waals surface area contributed by atoms with Crippen LogP contribution in [0.25, 0.3) is 0 Å². The van der Waals surface area contributed by atoms with Crippen LogP contribution in [0.1, 0.15) is 85.4 Å². The second kappa shape index (κ2) is 17.9. The van der Waals surface area contributed by atoms with Crippen molar-refractivity contribution >= 4 is 41.2 Å². The monoisotopic (exact) mass is 414 g/mol. The zero-order valence-electron chi connectivity index (χ0n) is 18.1. The summed E-state index contributed by atoms with van der Waals surface area (Å²) in [5, 5.41) is 13.5. The minimum absolute atomic E-state index is 0. The van der Waals surface area contributed by atoms with E-state index < -0.39 is 5.97 Å². The second-order valence-corrected chi connectivity index (χ2v) is 7.46. The SMILES string of the molecule is O=C(O)c1ccc(Cl)c(C(=O)NC[C]2CCCCCCC2)c1.[CH2].[CH2].[Li][CH2]CCC. The van der Waals surface area contributed by atoms with Crippen LogP contribution in [0.15, 0.2) is 18.2 Å². The molecular formula is C23H34ClLiNO3. The summed E-state index contributed by atoms with van der Waals surface area (Å²) in [4.78, 5) is 23.2. The van der Waals surface area contributed by atoms with Gasteiger partial charge < -0.3 is 10.4 Å². The molecule has 2 rings (SSSR count). The number of carbonyl (C=O) groups excluding carboxylic acids is 1. The molecule has 0 aliphatic heterocycles. The van der Waals surface area contributed by atoms with Crippen LogP contribution in [0.4, 0.5) is 0 Å². The van der Waals surface area contributed by atoms with Crippen LogP contribution in [-0.2, 0) is 0 Å². The summed E-state index contributed by atoms with van der Waals surface area (Å²) >= 11 is 8.22. The Kier molecular flexibility index (Phi) is 18.6. The third kappa shape index (κ3) is 12.4. The Bertz CT molecular complexity index is 585. The summed E-state index contributed by atoms with van der Waals surface area (Å²) in [6, 6.07) is 4.16. The number of amides is 1. The summed E-state index contributed by atoms with van der Waals surface area (Å²) < 4.78 is 0. The van der Waals surface area contributed by atoms with E-state index in [1.54, 1.807) is 0 Å². The Labute approximate surface area is 192 Å². The topological polar surface area (TPSA) is 66.4 Å². The first-order chi connectivity index (χ1) is 13.0. The molecule has 1 aliphatic rings. The standard InChI is InChI=1S/C17H21ClNO3.C4H9.2CH2.Li/c18-15-9-8-13(17(21)22)10-14(15)16(20)19-11-12-6-4-2-1-3-5-7-12;1-3-4-2;;;/h8-10H,1-7,11H2,(H,19,20)(H,21,22);1,3-4H2,2H3;2*1H2;.